The molecule has 21 heavy (non-hydrogen) atoms. The molecule has 0 aliphatic heterocycles. The molecule has 0 spiro atoms. The Bertz CT molecular complexity index is 235. The van der Waals surface area contributed by atoms with Crippen LogP contribution in [0.1, 0.15) is 91.4 Å². The van der Waals surface area contributed by atoms with Crippen molar-refractivity contribution in [2.75, 3.05) is 5.75 Å². The summed E-state index contributed by atoms with van der Waals surface area (Å²) in [4.78, 5) is 11.4. The topological polar surface area (TPSA) is 26.3 Å². The van der Waals surface area contributed by atoms with E-state index < -0.39 is 0 Å². The number of carbonyl (C=O) groups is 1. The number of hydrogen-bond acceptors (Lipinski definition) is 4. The van der Waals surface area contributed by atoms with Gasteiger partial charge in [0.25, 0.3) is 0 Å². The molecule has 2 nitrogen and oxygen atoms in total. The molecule has 0 rings (SSSR count). The summed E-state index contributed by atoms with van der Waals surface area (Å²) in [6.07, 6.45) is 14.5. The van der Waals surface area contributed by atoms with Crippen LogP contribution in [-0.4, -0.2) is 17.2 Å². The van der Waals surface area contributed by atoms with Crippen molar-refractivity contribution in [1.29, 1.82) is 0 Å². The monoisotopic (exact) mass is 334 g/mol. The Morgan fingerprint density at radius 1 is 0.905 bits per heavy atom. The van der Waals surface area contributed by atoms with E-state index in [4.69, 9.17) is 4.74 Å². The third kappa shape index (κ3) is 16.4. The van der Waals surface area contributed by atoms with Crippen LogP contribution in [0.2, 0.25) is 0 Å². The van der Waals surface area contributed by atoms with Crippen LogP contribution in [0, 0.1) is 0 Å². The van der Waals surface area contributed by atoms with Crippen LogP contribution in [-0.2, 0) is 4.74 Å². The van der Waals surface area contributed by atoms with E-state index >= 15 is 0 Å². The molecule has 0 heterocycles. The molecular weight excluding hydrogens is 300 g/mol. The van der Waals surface area contributed by atoms with Crippen molar-refractivity contribution in [3.63, 3.8) is 0 Å². The molecule has 0 aromatic carbocycles. The molecule has 126 valence electrons. The Labute approximate surface area is 139 Å². The van der Waals surface area contributed by atoms with E-state index in [1.54, 1.807) is 10.8 Å². The molecule has 1 unspecified atom stereocenters. The minimum Gasteiger partial charge on any atom is -0.454 e. The molecule has 0 saturated carbocycles. The van der Waals surface area contributed by atoms with Crippen LogP contribution in [0.4, 0.5) is 4.79 Å². The predicted octanol–water partition coefficient (Wildman–Crippen LogP) is 7.22. The van der Waals surface area contributed by atoms with Crippen LogP contribution >= 0.6 is 21.6 Å². The molecule has 0 bridgehead atoms. The Balaban J connectivity index is 3.13. The normalized spacial score (nSPS) is 12.3. The minimum absolute atomic E-state index is 0.0444. The lowest BCUT2D eigenvalue weighted by atomic mass is 10.1. The summed E-state index contributed by atoms with van der Waals surface area (Å²) >= 11 is 0. The molecule has 0 aliphatic rings. The van der Waals surface area contributed by atoms with Gasteiger partial charge in [-0.1, -0.05) is 82.4 Å². The highest BCUT2D eigenvalue weighted by molar-refractivity contribution is 8.82. The number of unbranched alkanes of at least 4 members (excludes halogenated alkanes) is 9. The van der Waals surface area contributed by atoms with Crippen molar-refractivity contribution >= 4 is 26.9 Å². The maximum absolute atomic E-state index is 11.4. The van der Waals surface area contributed by atoms with Crippen LogP contribution < -0.4 is 0 Å². The Morgan fingerprint density at radius 2 is 1.43 bits per heavy atom. The summed E-state index contributed by atoms with van der Waals surface area (Å²) in [5.41, 5.74) is 0. The van der Waals surface area contributed by atoms with Gasteiger partial charge >= 0.3 is 5.30 Å². The Hall–Kier alpha value is 0.170. The van der Waals surface area contributed by atoms with E-state index in [2.05, 4.69) is 6.92 Å². The number of ether oxygens (including phenoxy) is 1. The fraction of sp³-hybridized carbons (Fsp3) is 0.941. The molecule has 0 radical (unpaired) electrons. The maximum atomic E-state index is 11.4. The first-order chi connectivity index (χ1) is 10.2. The van der Waals surface area contributed by atoms with Gasteiger partial charge in [0.15, 0.2) is 0 Å². The number of rotatable bonds is 14. The fourth-order valence-electron chi connectivity index (χ4n) is 2.01. The van der Waals surface area contributed by atoms with Crippen molar-refractivity contribution in [3.05, 3.63) is 0 Å². The Kier molecular flexibility index (Phi) is 16.7. The summed E-state index contributed by atoms with van der Waals surface area (Å²) in [6.45, 7) is 6.23. The summed E-state index contributed by atoms with van der Waals surface area (Å²) in [7, 11) is 2.89. The highest BCUT2D eigenvalue weighted by Crippen LogP contribution is 2.26. The van der Waals surface area contributed by atoms with Crippen LogP contribution in [0.15, 0.2) is 0 Å². The molecule has 0 saturated heterocycles. The molecule has 1 atom stereocenters. The van der Waals surface area contributed by atoms with Gasteiger partial charge in [-0.2, -0.15) is 0 Å². The second kappa shape index (κ2) is 16.5. The van der Waals surface area contributed by atoms with E-state index in [-0.39, 0.29) is 11.4 Å². The largest absolute Gasteiger partial charge is 0.454 e. The van der Waals surface area contributed by atoms with Gasteiger partial charge in [0.1, 0.15) is 0 Å². The van der Waals surface area contributed by atoms with Crippen molar-refractivity contribution in [2.45, 2.75) is 97.5 Å². The standard InChI is InChI=1S/C17H34O2S2/c1-4-6-7-8-9-10-11-12-13-14-15-20-21-17(18)19-16(3)5-2/h16H,4-15H2,1-3H3. The van der Waals surface area contributed by atoms with Gasteiger partial charge < -0.3 is 4.74 Å². The van der Waals surface area contributed by atoms with E-state index in [9.17, 15) is 4.79 Å². The summed E-state index contributed by atoms with van der Waals surface area (Å²) < 4.78 is 5.20. The molecule has 0 N–H and O–H groups in total. The lowest BCUT2D eigenvalue weighted by molar-refractivity contribution is 0.131. The van der Waals surface area contributed by atoms with E-state index in [1.165, 1.54) is 75.0 Å². The first kappa shape index (κ1) is 21.2. The highest BCUT2D eigenvalue weighted by Gasteiger charge is 2.08. The van der Waals surface area contributed by atoms with Crippen LogP contribution in [0.3, 0.4) is 0 Å². The first-order valence-corrected chi connectivity index (χ1v) is 11.0. The molecular formula is C17H34O2S2. The second-order valence-electron chi connectivity index (χ2n) is 5.67. The summed E-state index contributed by atoms with van der Waals surface area (Å²) in [5.74, 6) is 1.05. The average molecular weight is 335 g/mol. The summed E-state index contributed by atoms with van der Waals surface area (Å²) in [5, 5.41) is -0.138. The lowest BCUT2D eigenvalue weighted by Gasteiger charge is -2.09. The third-order valence-corrected chi connectivity index (χ3v) is 5.65. The van der Waals surface area contributed by atoms with E-state index in [1.807, 2.05) is 13.8 Å². The van der Waals surface area contributed by atoms with Crippen molar-refractivity contribution < 1.29 is 9.53 Å². The first-order valence-electron chi connectivity index (χ1n) is 8.70. The Morgan fingerprint density at radius 3 is 1.95 bits per heavy atom. The SMILES string of the molecule is CCCCCCCCCCCCSSC(=O)OC(C)CC. The average Bonchev–Trinajstić information content (AvgIpc) is 2.48. The minimum atomic E-state index is -0.138. The van der Waals surface area contributed by atoms with E-state index in [0.717, 1.165) is 12.2 Å². The fourth-order valence-corrected chi connectivity index (χ4v) is 3.72. The number of carbonyl (C=O) groups excluding carboxylic acids is 1. The van der Waals surface area contributed by atoms with Crippen molar-refractivity contribution in [1.82, 2.24) is 0 Å². The molecule has 0 aromatic rings. The quantitative estimate of drug-likeness (QED) is 0.190. The van der Waals surface area contributed by atoms with Gasteiger partial charge in [0.2, 0.25) is 0 Å². The zero-order valence-electron chi connectivity index (χ0n) is 14.2. The van der Waals surface area contributed by atoms with Gasteiger partial charge in [-0.25, -0.2) is 4.79 Å². The van der Waals surface area contributed by atoms with E-state index in [0.29, 0.717) is 0 Å². The smallest absolute Gasteiger partial charge is 0.378 e. The van der Waals surface area contributed by atoms with Crippen molar-refractivity contribution in [2.24, 2.45) is 0 Å². The third-order valence-electron chi connectivity index (χ3n) is 3.58. The maximum Gasteiger partial charge on any atom is 0.378 e. The van der Waals surface area contributed by atoms with Gasteiger partial charge in [-0.3, -0.25) is 0 Å². The van der Waals surface area contributed by atoms with Gasteiger partial charge in [-0.05, 0) is 19.8 Å². The summed E-state index contributed by atoms with van der Waals surface area (Å²) in [6, 6.07) is 0. The molecule has 0 aromatic heterocycles. The van der Waals surface area contributed by atoms with Crippen LogP contribution in [0.25, 0.3) is 0 Å². The zero-order chi connectivity index (χ0) is 15.8. The van der Waals surface area contributed by atoms with Gasteiger partial charge in [-0.15, -0.1) is 0 Å². The molecule has 0 fully saturated rings. The molecule has 4 heteroatoms. The van der Waals surface area contributed by atoms with Crippen molar-refractivity contribution in [3.8, 4) is 0 Å². The lowest BCUT2D eigenvalue weighted by Crippen LogP contribution is -2.08. The highest BCUT2D eigenvalue weighted by atomic mass is 33.1. The zero-order valence-corrected chi connectivity index (χ0v) is 15.8. The predicted molar refractivity (Wildman–Crippen MR) is 98.1 cm³/mol. The van der Waals surface area contributed by atoms with Gasteiger partial charge in [0, 0.05) is 16.5 Å². The second-order valence-corrected chi connectivity index (χ2v) is 8.03. The molecule has 0 amide bonds. The van der Waals surface area contributed by atoms with Gasteiger partial charge in [0.05, 0.1) is 6.10 Å². The van der Waals surface area contributed by atoms with Crippen LogP contribution in [0.5, 0.6) is 0 Å². The number of hydrogen-bond donors (Lipinski definition) is 0. The molecule has 0 aliphatic carbocycles.